The molecule has 0 bridgehead atoms. The Morgan fingerprint density at radius 3 is 2.90 bits per heavy atom. The molecule has 1 amide bonds. The van der Waals surface area contributed by atoms with Gasteiger partial charge in [-0.05, 0) is 54.2 Å². The molecule has 0 saturated heterocycles. The molecule has 2 aliphatic rings. The van der Waals surface area contributed by atoms with Crippen molar-refractivity contribution in [1.82, 2.24) is 5.32 Å². The van der Waals surface area contributed by atoms with Gasteiger partial charge in [-0.2, -0.15) is 0 Å². The molecule has 1 spiro atoms. The number of hydrogen-bond acceptors (Lipinski definition) is 1. The maximum atomic E-state index is 12.6. The zero-order chi connectivity index (χ0) is 14.6. The smallest absolute Gasteiger partial charge is 0.252 e. The second-order valence-corrected chi connectivity index (χ2v) is 7.00. The molecule has 21 heavy (non-hydrogen) atoms. The van der Waals surface area contributed by atoms with E-state index in [1.54, 1.807) is 0 Å². The highest BCUT2D eigenvalue weighted by Crippen LogP contribution is 2.43. The third-order valence-electron chi connectivity index (χ3n) is 4.77. The SMILES string of the molecule is Cc1cc(Br)c2c(c1)C(=O)NC1(CCc3ccccc31)C2. The van der Waals surface area contributed by atoms with E-state index in [0.717, 1.165) is 40.4 Å². The predicted octanol–water partition coefficient (Wildman–Crippen LogP) is 3.89. The third-order valence-corrected chi connectivity index (χ3v) is 5.48. The number of fused-ring (bicyclic) bond motifs is 3. The molecule has 1 aliphatic carbocycles. The van der Waals surface area contributed by atoms with Crippen LogP contribution in [0.4, 0.5) is 0 Å². The van der Waals surface area contributed by atoms with Crippen molar-refractivity contribution < 1.29 is 4.79 Å². The fourth-order valence-corrected chi connectivity index (χ4v) is 4.50. The summed E-state index contributed by atoms with van der Waals surface area (Å²) in [5.74, 6) is 0.0531. The van der Waals surface area contributed by atoms with Crippen LogP contribution in [-0.2, 0) is 18.4 Å². The average Bonchev–Trinajstić information content (AvgIpc) is 2.80. The molecular weight excluding hydrogens is 326 g/mol. The quantitative estimate of drug-likeness (QED) is 0.773. The zero-order valence-corrected chi connectivity index (χ0v) is 13.5. The molecule has 1 N–H and O–H groups in total. The first-order valence-electron chi connectivity index (χ1n) is 7.29. The van der Waals surface area contributed by atoms with Gasteiger partial charge in [0.25, 0.3) is 5.91 Å². The Balaban J connectivity index is 1.88. The Morgan fingerprint density at radius 2 is 2.05 bits per heavy atom. The fourth-order valence-electron chi connectivity index (χ4n) is 3.79. The summed E-state index contributed by atoms with van der Waals surface area (Å²) in [5.41, 5.74) is 5.50. The van der Waals surface area contributed by atoms with E-state index in [1.165, 1.54) is 11.1 Å². The lowest BCUT2D eigenvalue weighted by atomic mass is 9.80. The summed E-state index contributed by atoms with van der Waals surface area (Å²) in [5, 5.41) is 3.30. The van der Waals surface area contributed by atoms with Crippen LogP contribution in [0.25, 0.3) is 0 Å². The van der Waals surface area contributed by atoms with Crippen molar-refractivity contribution in [2.45, 2.75) is 31.7 Å². The monoisotopic (exact) mass is 341 g/mol. The van der Waals surface area contributed by atoms with Crippen molar-refractivity contribution in [2.24, 2.45) is 0 Å². The van der Waals surface area contributed by atoms with Crippen molar-refractivity contribution >= 4 is 21.8 Å². The van der Waals surface area contributed by atoms with E-state index in [9.17, 15) is 4.79 Å². The van der Waals surface area contributed by atoms with Gasteiger partial charge in [0.2, 0.25) is 0 Å². The molecule has 0 radical (unpaired) electrons. The van der Waals surface area contributed by atoms with Crippen LogP contribution >= 0.6 is 15.9 Å². The highest BCUT2D eigenvalue weighted by atomic mass is 79.9. The number of hydrogen-bond donors (Lipinski definition) is 1. The minimum Gasteiger partial charge on any atom is -0.342 e. The Hall–Kier alpha value is -1.61. The molecule has 1 unspecified atom stereocenters. The second-order valence-electron chi connectivity index (χ2n) is 6.14. The molecule has 1 aliphatic heterocycles. The summed E-state index contributed by atoms with van der Waals surface area (Å²) in [6.45, 7) is 2.02. The van der Waals surface area contributed by atoms with Crippen LogP contribution in [0, 0.1) is 6.92 Å². The molecule has 1 heterocycles. The van der Waals surface area contributed by atoms with Crippen LogP contribution in [0.5, 0.6) is 0 Å². The topological polar surface area (TPSA) is 29.1 Å². The molecule has 106 valence electrons. The number of amides is 1. The van der Waals surface area contributed by atoms with Crippen LogP contribution in [0.2, 0.25) is 0 Å². The summed E-state index contributed by atoms with van der Waals surface area (Å²) in [4.78, 5) is 12.6. The summed E-state index contributed by atoms with van der Waals surface area (Å²) in [7, 11) is 0. The molecule has 2 nitrogen and oxygen atoms in total. The summed E-state index contributed by atoms with van der Waals surface area (Å²) in [6, 6.07) is 12.6. The minimum atomic E-state index is -0.224. The van der Waals surface area contributed by atoms with E-state index in [1.807, 2.05) is 13.0 Å². The Labute approximate surface area is 132 Å². The van der Waals surface area contributed by atoms with E-state index in [2.05, 4.69) is 51.6 Å². The number of halogens is 1. The summed E-state index contributed by atoms with van der Waals surface area (Å²) in [6.07, 6.45) is 2.89. The van der Waals surface area contributed by atoms with Gasteiger partial charge in [-0.25, -0.2) is 0 Å². The molecule has 0 fully saturated rings. The molecule has 1 atom stereocenters. The minimum absolute atomic E-state index is 0.0531. The fraction of sp³-hybridized carbons (Fsp3) is 0.278. The van der Waals surface area contributed by atoms with E-state index < -0.39 is 0 Å². The van der Waals surface area contributed by atoms with Gasteiger partial charge in [0, 0.05) is 16.5 Å². The van der Waals surface area contributed by atoms with Crippen molar-refractivity contribution in [3.8, 4) is 0 Å². The van der Waals surface area contributed by atoms with Gasteiger partial charge in [0.05, 0.1) is 5.54 Å². The Morgan fingerprint density at radius 1 is 1.24 bits per heavy atom. The van der Waals surface area contributed by atoms with E-state index in [0.29, 0.717) is 0 Å². The first-order chi connectivity index (χ1) is 10.1. The van der Waals surface area contributed by atoms with Gasteiger partial charge >= 0.3 is 0 Å². The van der Waals surface area contributed by atoms with Gasteiger partial charge in [-0.3, -0.25) is 4.79 Å². The molecular formula is C18H16BrNO. The van der Waals surface area contributed by atoms with Gasteiger partial charge in [0.1, 0.15) is 0 Å². The maximum Gasteiger partial charge on any atom is 0.252 e. The van der Waals surface area contributed by atoms with Crippen LogP contribution in [0.15, 0.2) is 40.9 Å². The van der Waals surface area contributed by atoms with E-state index >= 15 is 0 Å². The predicted molar refractivity (Wildman–Crippen MR) is 86.5 cm³/mol. The number of carbonyl (C=O) groups excluding carboxylic acids is 1. The van der Waals surface area contributed by atoms with Crippen LogP contribution in [0.1, 0.15) is 39.0 Å². The molecule has 0 aromatic heterocycles. The lowest BCUT2D eigenvalue weighted by Crippen LogP contribution is -2.50. The Kier molecular flexibility index (Phi) is 2.77. The molecule has 4 rings (SSSR count). The second kappa shape index (κ2) is 4.44. The summed E-state index contributed by atoms with van der Waals surface area (Å²) < 4.78 is 1.05. The highest BCUT2D eigenvalue weighted by Gasteiger charge is 2.44. The number of benzene rings is 2. The van der Waals surface area contributed by atoms with Gasteiger partial charge in [0.15, 0.2) is 0 Å². The van der Waals surface area contributed by atoms with Crippen LogP contribution in [0.3, 0.4) is 0 Å². The third kappa shape index (κ3) is 1.87. The normalized spacial score (nSPS) is 22.9. The number of aryl methyl sites for hydroxylation is 2. The van der Waals surface area contributed by atoms with E-state index in [-0.39, 0.29) is 11.4 Å². The van der Waals surface area contributed by atoms with Gasteiger partial charge in [-0.1, -0.05) is 40.2 Å². The largest absolute Gasteiger partial charge is 0.342 e. The molecule has 3 heteroatoms. The molecule has 2 aromatic rings. The summed E-state index contributed by atoms with van der Waals surface area (Å²) >= 11 is 3.65. The first-order valence-corrected chi connectivity index (χ1v) is 8.08. The van der Waals surface area contributed by atoms with Crippen molar-refractivity contribution in [3.63, 3.8) is 0 Å². The van der Waals surface area contributed by atoms with E-state index in [4.69, 9.17) is 0 Å². The van der Waals surface area contributed by atoms with Gasteiger partial charge < -0.3 is 5.32 Å². The van der Waals surface area contributed by atoms with Crippen LogP contribution in [-0.4, -0.2) is 5.91 Å². The van der Waals surface area contributed by atoms with Crippen LogP contribution < -0.4 is 5.32 Å². The lowest BCUT2D eigenvalue weighted by molar-refractivity contribution is 0.0875. The van der Waals surface area contributed by atoms with Gasteiger partial charge in [-0.15, -0.1) is 0 Å². The van der Waals surface area contributed by atoms with Crippen molar-refractivity contribution in [1.29, 1.82) is 0 Å². The maximum absolute atomic E-state index is 12.6. The Bertz CT molecular complexity index is 768. The van der Waals surface area contributed by atoms with Crippen molar-refractivity contribution in [2.75, 3.05) is 0 Å². The molecule has 2 aromatic carbocycles. The number of rotatable bonds is 0. The number of nitrogens with one attached hydrogen (secondary N) is 1. The zero-order valence-electron chi connectivity index (χ0n) is 11.9. The highest BCUT2D eigenvalue weighted by molar-refractivity contribution is 9.10. The number of carbonyl (C=O) groups is 1. The lowest BCUT2D eigenvalue weighted by Gasteiger charge is -2.37. The van der Waals surface area contributed by atoms with Crippen molar-refractivity contribution in [3.05, 3.63) is 68.7 Å². The molecule has 0 saturated carbocycles. The standard InChI is InChI=1S/C18H16BrNO/c1-11-8-13-14(16(19)9-11)10-18(20-17(13)21)7-6-12-4-2-3-5-15(12)18/h2-5,8-9H,6-7,10H2,1H3,(H,20,21). The first kappa shape index (κ1) is 13.1. The average molecular weight is 342 g/mol.